The lowest BCUT2D eigenvalue weighted by Gasteiger charge is -2.07. The lowest BCUT2D eigenvalue weighted by Crippen LogP contribution is -2.07. The number of aromatic nitrogens is 3. The summed E-state index contributed by atoms with van der Waals surface area (Å²) in [5.41, 5.74) is 5.78. The van der Waals surface area contributed by atoms with Crippen LogP contribution < -0.4 is 15.8 Å². The van der Waals surface area contributed by atoms with Crippen molar-refractivity contribution in [3.63, 3.8) is 0 Å². The molecule has 8 nitrogen and oxygen atoms in total. The predicted molar refractivity (Wildman–Crippen MR) is 68.7 cm³/mol. The van der Waals surface area contributed by atoms with E-state index in [0.29, 0.717) is 11.7 Å². The van der Waals surface area contributed by atoms with E-state index in [1.807, 2.05) is 0 Å². The Morgan fingerprint density at radius 3 is 2.89 bits per heavy atom. The Kier molecular flexibility index (Phi) is 3.23. The van der Waals surface area contributed by atoms with E-state index in [0.717, 1.165) is 0 Å². The van der Waals surface area contributed by atoms with Crippen molar-refractivity contribution in [2.24, 2.45) is 7.05 Å². The van der Waals surface area contributed by atoms with Crippen molar-refractivity contribution in [1.29, 1.82) is 0 Å². The molecule has 0 spiro atoms. The Morgan fingerprint density at radius 1 is 1.58 bits per heavy atom. The van der Waals surface area contributed by atoms with E-state index >= 15 is 0 Å². The van der Waals surface area contributed by atoms with E-state index < -0.39 is 5.97 Å². The Morgan fingerprint density at radius 2 is 2.32 bits per heavy atom. The number of hydrogen-bond acceptors (Lipinski definition) is 6. The first kappa shape index (κ1) is 12.7. The van der Waals surface area contributed by atoms with Crippen molar-refractivity contribution >= 4 is 23.3 Å². The van der Waals surface area contributed by atoms with E-state index in [9.17, 15) is 4.79 Å². The fraction of sp³-hybridized carbons (Fsp3) is 0.182. The molecule has 8 heteroatoms. The molecule has 0 amide bonds. The number of carboxylic acid groups (broad SMARTS) is 1. The molecule has 0 unspecified atom stereocenters. The number of aromatic carboxylic acids is 1. The molecular weight excluding hydrogens is 250 g/mol. The molecule has 0 atom stereocenters. The fourth-order valence-corrected chi connectivity index (χ4v) is 1.58. The number of hydrogen-bond donors (Lipinski definition) is 3. The maximum atomic E-state index is 11.0. The van der Waals surface area contributed by atoms with E-state index in [-0.39, 0.29) is 17.1 Å². The Hall–Kier alpha value is -2.77. The van der Waals surface area contributed by atoms with Gasteiger partial charge in [0.1, 0.15) is 0 Å². The van der Waals surface area contributed by atoms with Gasteiger partial charge in [-0.1, -0.05) is 0 Å². The van der Waals surface area contributed by atoms with Gasteiger partial charge in [0.05, 0.1) is 18.4 Å². The number of anilines is 3. The number of nitrogen functional groups attached to an aromatic ring is 1. The quantitative estimate of drug-likeness (QED) is 0.748. The normalized spacial score (nSPS) is 10.2. The van der Waals surface area contributed by atoms with Crippen LogP contribution in [0.4, 0.5) is 17.3 Å². The molecule has 2 heterocycles. The molecule has 2 aromatic heterocycles. The van der Waals surface area contributed by atoms with Crippen LogP contribution in [0, 0.1) is 0 Å². The van der Waals surface area contributed by atoms with Crippen LogP contribution in [0.1, 0.15) is 10.4 Å². The van der Waals surface area contributed by atoms with Crippen LogP contribution in [0.3, 0.4) is 0 Å². The average molecular weight is 263 g/mol. The van der Waals surface area contributed by atoms with E-state index in [2.05, 4.69) is 15.4 Å². The Labute approximate surface area is 108 Å². The van der Waals surface area contributed by atoms with Crippen LogP contribution in [0.15, 0.2) is 18.3 Å². The highest BCUT2D eigenvalue weighted by atomic mass is 16.5. The molecule has 19 heavy (non-hydrogen) atoms. The maximum Gasteiger partial charge on any atom is 0.337 e. The highest BCUT2D eigenvalue weighted by Crippen LogP contribution is 2.25. The van der Waals surface area contributed by atoms with Crippen LogP contribution in [-0.4, -0.2) is 33.0 Å². The molecule has 2 rings (SSSR count). The van der Waals surface area contributed by atoms with Gasteiger partial charge in [-0.25, -0.2) is 14.5 Å². The molecule has 4 N–H and O–H groups in total. The number of nitrogens with one attached hydrogen (secondary N) is 1. The van der Waals surface area contributed by atoms with Gasteiger partial charge in [-0.05, 0) is 6.07 Å². The minimum absolute atomic E-state index is 0.0135. The molecule has 0 saturated carbocycles. The second kappa shape index (κ2) is 4.84. The summed E-state index contributed by atoms with van der Waals surface area (Å²) in [6.07, 6.45) is 1.36. The van der Waals surface area contributed by atoms with Gasteiger partial charge in [0, 0.05) is 19.3 Å². The summed E-state index contributed by atoms with van der Waals surface area (Å²) in [7, 11) is 3.24. The van der Waals surface area contributed by atoms with Gasteiger partial charge in [0.2, 0.25) is 5.88 Å². The number of methoxy groups -OCH3 is 1. The minimum atomic E-state index is -1.11. The Bertz CT molecular complexity index is 623. The lowest BCUT2D eigenvalue weighted by molar-refractivity contribution is 0.0698. The zero-order chi connectivity index (χ0) is 14.0. The van der Waals surface area contributed by atoms with Crippen molar-refractivity contribution in [3.05, 3.63) is 23.9 Å². The smallest absolute Gasteiger partial charge is 0.337 e. The van der Waals surface area contributed by atoms with Crippen molar-refractivity contribution < 1.29 is 14.6 Å². The third-order valence-corrected chi connectivity index (χ3v) is 2.51. The average Bonchev–Trinajstić information content (AvgIpc) is 2.71. The van der Waals surface area contributed by atoms with E-state index in [4.69, 9.17) is 15.6 Å². The summed E-state index contributed by atoms with van der Waals surface area (Å²) >= 11 is 0. The van der Waals surface area contributed by atoms with Crippen LogP contribution in [-0.2, 0) is 7.05 Å². The van der Waals surface area contributed by atoms with Crippen molar-refractivity contribution in [1.82, 2.24) is 14.8 Å². The first-order chi connectivity index (χ1) is 9.02. The van der Waals surface area contributed by atoms with Gasteiger partial charge in [0.15, 0.2) is 11.6 Å². The molecule has 0 aliphatic heterocycles. The summed E-state index contributed by atoms with van der Waals surface area (Å²) in [5.74, 6) is 0.138. The van der Waals surface area contributed by atoms with Gasteiger partial charge >= 0.3 is 5.97 Å². The molecule has 100 valence electrons. The second-order valence-electron chi connectivity index (χ2n) is 3.75. The number of ether oxygens (including phenoxy) is 1. The molecular formula is C11H13N5O3. The van der Waals surface area contributed by atoms with Crippen LogP contribution in [0.25, 0.3) is 0 Å². The van der Waals surface area contributed by atoms with Gasteiger partial charge in [0.25, 0.3) is 0 Å². The molecule has 0 saturated heterocycles. The molecule has 0 aliphatic rings. The lowest BCUT2D eigenvalue weighted by atomic mass is 10.2. The molecule has 0 aliphatic carbocycles. The number of nitrogens with zero attached hydrogens (tertiary/aromatic N) is 3. The van der Waals surface area contributed by atoms with E-state index in [1.165, 1.54) is 24.1 Å². The summed E-state index contributed by atoms with van der Waals surface area (Å²) in [4.78, 5) is 14.9. The maximum absolute atomic E-state index is 11.0. The first-order valence-electron chi connectivity index (χ1n) is 5.35. The van der Waals surface area contributed by atoms with Crippen LogP contribution in [0.2, 0.25) is 0 Å². The number of carbonyl (C=O) groups is 1. The van der Waals surface area contributed by atoms with Gasteiger partial charge in [-0.15, -0.1) is 0 Å². The summed E-state index contributed by atoms with van der Waals surface area (Å²) in [6, 6.07) is 2.98. The van der Waals surface area contributed by atoms with E-state index in [1.54, 1.807) is 13.1 Å². The van der Waals surface area contributed by atoms with Crippen molar-refractivity contribution in [2.45, 2.75) is 0 Å². The topological polar surface area (TPSA) is 115 Å². The zero-order valence-corrected chi connectivity index (χ0v) is 10.4. The molecule has 2 aromatic rings. The SMILES string of the molecule is COc1cc(Nc2nccc(C(=O)O)c2N)nn1C. The Balaban J connectivity index is 2.33. The highest BCUT2D eigenvalue weighted by Gasteiger charge is 2.13. The van der Waals surface area contributed by atoms with Crippen molar-refractivity contribution in [3.8, 4) is 5.88 Å². The molecule has 0 radical (unpaired) electrons. The van der Waals surface area contributed by atoms with Gasteiger partial charge in [-0.3, -0.25) is 0 Å². The van der Waals surface area contributed by atoms with Gasteiger partial charge in [-0.2, -0.15) is 5.10 Å². The summed E-state index contributed by atoms with van der Waals surface area (Å²) < 4.78 is 6.60. The number of pyridine rings is 1. The van der Waals surface area contributed by atoms with Crippen LogP contribution in [0.5, 0.6) is 5.88 Å². The number of carboxylic acids is 1. The second-order valence-corrected chi connectivity index (χ2v) is 3.75. The molecule has 0 bridgehead atoms. The third-order valence-electron chi connectivity index (χ3n) is 2.51. The third kappa shape index (κ3) is 2.41. The minimum Gasteiger partial charge on any atom is -0.481 e. The largest absolute Gasteiger partial charge is 0.481 e. The first-order valence-corrected chi connectivity index (χ1v) is 5.35. The standard InChI is InChI=1S/C11H13N5O3/c1-16-8(19-2)5-7(15-16)14-10-9(12)6(11(17)18)3-4-13-10/h3-5H,12H2,1-2H3,(H,17,18)(H,13,14,15). The molecule has 0 fully saturated rings. The summed E-state index contributed by atoms with van der Waals surface area (Å²) in [5, 5.41) is 15.9. The number of aryl methyl sites for hydroxylation is 1. The van der Waals surface area contributed by atoms with Crippen molar-refractivity contribution in [2.75, 3.05) is 18.2 Å². The monoisotopic (exact) mass is 263 g/mol. The highest BCUT2D eigenvalue weighted by molar-refractivity contribution is 5.96. The van der Waals surface area contributed by atoms with Gasteiger partial charge < -0.3 is 20.9 Å². The fourth-order valence-electron chi connectivity index (χ4n) is 1.58. The zero-order valence-electron chi connectivity index (χ0n) is 10.4. The molecule has 0 aromatic carbocycles. The summed E-state index contributed by atoms with van der Waals surface area (Å²) in [6.45, 7) is 0. The number of rotatable bonds is 4. The number of nitrogens with two attached hydrogens (primary N) is 1. The predicted octanol–water partition coefficient (Wildman–Crippen LogP) is 0.848. The van der Waals surface area contributed by atoms with Crippen LogP contribution >= 0.6 is 0 Å².